The summed E-state index contributed by atoms with van der Waals surface area (Å²) in [6, 6.07) is 29.8. The molecule has 0 bridgehead atoms. The van der Waals surface area contributed by atoms with Crippen LogP contribution < -0.4 is 22.1 Å². The number of hydrogen-bond donors (Lipinski definition) is 4. The van der Waals surface area contributed by atoms with Gasteiger partial charge in [0.2, 0.25) is 0 Å². The highest BCUT2D eigenvalue weighted by atomic mass is 15.0. The van der Waals surface area contributed by atoms with Crippen LogP contribution >= 0.6 is 0 Å². The Bertz CT molecular complexity index is 1150. The van der Waals surface area contributed by atoms with Gasteiger partial charge in [0.05, 0.1) is 17.1 Å². The summed E-state index contributed by atoms with van der Waals surface area (Å²) in [4.78, 5) is 0. The number of benzene rings is 4. The number of rotatable bonds is 6. The third-order valence-corrected chi connectivity index (χ3v) is 4.93. The van der Waals surface area contributed by atoms with Crippen LogP contribution in [-0.2, 0) is 0 Å². The molecule has 148 valence electrons. The normalized spacial score (nSPS) is 10.4. The molecule has 0 heterocycles. The van der Waals surface area contributed by atoms with Crippen LogP contribution in [-0.4, -0.2) is 0 Å². The summed E-state index contributed by atoms with van der Waals surface area (Å²) in [7, 11) is 0. The maximum atomic E-state index is 6.63. The zero-order chi connectivity index (χ0) is 20.9. The van der Waals surface area contributed by atoms with Crippen molar-refractivity contribution >= 4 is 40.2 Å². The first-order valence-electron chi connectivity index (χ1n) is 9.74. The molecule has 0 unspecified atom stereocenters. The lowest BCUT2D eigenvalue weighted by Crippen LogP contribution is -2.05. The van der Waals surface area contributed by atoms with E-state index in [4.69, 9.17) is 11.5 Å². The second-order valence-electron chi connectivity index (χ2n) is 6.98. The number of anilines is 6. The highest BCUT2D eigenvalue weighted by Crippen LogP contribution is 2.42. The van der Waals surface area contributed by atoms with Crippen molar-refractivity contribution in [1.29, 1.82) is 0 Å². The van der Waals surface area contributed by atoms with E-state index in [1.807, 2.05) is 91.0 Å². The smallest absolute Gasteiger partial charge is 0.0799 e. The minimum absolute atomic E-state index is 0.622. The number of nitrogen functional groups attached to an aromatic ring is 2. The lowest BCUT2D eigenvalue weighted by molar-refractivity contribution is 1.49. The van der Waals surface area contributed by atoms with E-state index in [0.717, 1.165) is 45.1 Å². The van der Waals surface area contributed by atoms with Crippen LogP contribution in [0.1, 0.15) is 5.56 Å². The Morgan fingerprint density at radius 1 is 0.700 bits per heavy atom. The molecular formula is C26H24N4. The van der Waals surface area contributed by atoms with Crippen LogP contribution in [0.15, 0.2) is 97.6 Å². The van der Waals surface area contributed by atoms with Gasteiger partial charge in [-0.1, -0.05) is 61.2 Å². The van der Waals surface area contributed by atoms with Crippen molar-refractivity contribution < 1.29 is 0 Å². The molecule has 0 aliphatic rings. The Hall–Kier alpha value is -4.18. The van der Waals surface area contributed by atoms with Gasteiger partial charge in [0, 0.05) is 22.6 Å². The predicted molar refractivity (Wildman–Crippen MR) is 130 cm³/mol. The quantitative estimate of drug-likeness (QED) is 0.277. The first kappa shape index (κ1) is 19.2. The van der Waals surface area contributed by atoms with Gasteiger partial charge in [0.1, 0.15) is 0 Å². The first-order valence-corrected chi connectivity index (χ1v) is 9.74. The van der Waals surface area contributed by atoms with E-state index >= 15 is 0 Å². The van der Waals surface area contributed by atoms with E-state index in [0.29, 0.717) is 5.69 Å². The summed E-state index contributed by atoms with van der Waals surface area (Å²) in [5.41, 5.74) is 20.4. The summed E-state index contributed by atoms with van der Waals surface area (Å²) >= 11 is 0. The molecule has 4 rings (SSSR count). The van der Waals surface area contributed by atoms with Crippen molar-refractivity contribution in [3.8, 4) is 11.1 Å². The lowest BCUT2D eigenvalue weighted by Gasteiger charge is -2.21. The Balaban J connectivity index is 1.89. The van der Waals surface area contributed by atoms with Gasteiger partial charge in [0.25, 0.3) is 0 Å². The molecule has 4 aromatic rings. The molecule has 4 heteroatoms. The molecule has 30 heavy (non-hydrogen) atoms. The average Bonchev–Trinajstić information content (AvgIpc) is 2.78. The zero-order valence-corrected chi connectivity index (χ0v) is 16.6. The Labute approximate surface area is 176 Å². The maximum Gasteiger partial charge on any atom is 0.0799 e. The zero-order valence-electron chi connectivity index (χ0n) is 16.6. The van der Waals surface area contributed by atoms with Gasteiger partial charge in [-0.25, -0.2) is 0 Å². The third kappa shape index (κ3) is 3.98. The van der Waals surface area contributed by atoms with Gasteiger partial charge in [-0.3, -0.25) is 0 Å². The molecule has 0 atom stereocenters. The molecular weight excluding hydrogens is 368 g/mol. The minimum Gasteiger partial charge on any atom is -0.399 e. The van der Waals surface area contributed by atoms with Crippen LogP contribution in [0.5, 0.6) is 0 Å². The van der Waals surface area contributed by atoms with Crippen molar-refractivity contribution in [3.63, 3.8) is 0 Å². The van der Waals surface area contributed by atoms with Gasteiger partial charge in [-0.15, -0.1) is 0 Å². The SMILES string of the molecule is C=Cc1c(-c2ccc(N)cc2)cc(Nc2ccccc2)c(N)c1Nc1ccccc1. The second-order valence-corrected chi connectivity index (χ2v) is 6.98. The molecule has 0 saturated heterocycles. The summed E-state index contributed by atoms with van der Waals surface area (Å²) in [6.07, 6.45) is 1.83. The summed E-state index contributed by atoms with van der Waals surface area (Å²) in [6.45, 7) is 4.05. The van der Waals surface area contributed by atoms with Crippen LogP contribution in [0.2, 0.25) is 0 Å². The number of hydrogen-bond acceptors (Lipinski definition) is 4. The van der Waals surface area contributed by atoms with Crippen LogP contribution in [0.4, 0.5) is 34.1 Å². The molecule has 0 radical (unpaired) electrons. The van der Waals surface area contributed by atoms with E-state index in [2.05, 4.69) is 23.3 Å². The molecule has 4 nitrogen and oxygen atoms in total. The largest absolute Gasteiger partial charge is 0.399 e. The van der Waals surface area contributed by atoms with Crippen LogP contribution in [0.3, 0.4) is 0 Å². The Morgan fingerprint density at radius 3 is 1.83 bits per heavy atom. The van der Waals surface area contributed by atoms with Crippen molar-refractivity contribution in [3.05, 3.63) is 103 Å². The summed E-state index contributed by atoms with van der Waals surface area (Å²) in [5, 5.41) is 6.93. The van der Waals surface area contributed by atoms with Gasteiger partial charge in [-0.2, -0.15) is 0 Å². The topological polar surface area (TPSA) is 76.1 Å². The molecule has 4 aromatic carbocycles. The van der Waals surface area contributed by atoms with Gasteiger partial charge in [0.15, 0.2) is 0 Å². The number of para-hydroxylation sites is 2. The number of nitrogens with one attached hydrogen (secondary N) is 2. The summed E-state index contributed by atoms with van der Waals surface area (Å²) in [5.74, 6) is 0. The van der Waals surface area contributed by atoms with Gasteiger partial charge >= 0.3 is 0 Å². The molecule has 0 aliphatic heterocycles. The lowest BCUT2D eigenvalue weighted by atomic mass is 9.95. The van der Waals surface area contributed by atoms with Crippen LogP contribution in [0.25, 0.3) is 17.2 Å². The fraction of sp³-hybridized carbons (Fsp3) is 0. The fourth-order valence-electron chi connectivity index (χ4n) is 3.41. The molecule has 0 saturated carbocycles. The molecule has 0 aliphatic carbocycles. The van der Waals surface area contributed by atoms with E-state index in [1.165, 1.54) is 0 Å². The van der Waals surface area contributed by atoms with Crippen LogP contribution in [0, 0.1) is 0 Å². The van der Waals surface area contributed by atoms with Crippen molar-refractivity contribution in [2.75, 3.05) is 22.1 Å². The molecule has 0 amide bonds. The molecule has 0 aromatic heterocycles. The Morgan fingerprint density at radius 2 is 1.27 bits per heavy atom. The van der Waals surface area contributed by atoms with Crippen molar-refractivity contribution in [2.24, 2.45) is 0 Å². The third-order valence-electron chi connectivity index (χ3n) is 4.93. The average molecular weight is 393 g/mol. The van der Waals surface area contributed by atoms with Crippen molar-refractivity contribution in [2.45, 2.75) is 0 Å². The van der Waals surface area contributed by atoms with E-state index in [-0.39, 0.29) is 0 Å². The minimum atomic E-state index is 0.622. The molecule has 0 fully saturated rings. The maximum absolute atomic E-state index is 6.63. The van der Waals surface area contributed by atoms with E-state index in [9.17, 15) is 0 Å². The van der Waals surface area contributed by atoms with Crippen molar-refractivity contribution in [1.82, 2.24) is 0 Å². The standard InChI is InChI=1S/C26H24N4/c1-2-22-23(18-13-15-19(27)16-14-18)17-24(29-20-9-5-3-6-10-20)25(28)26(22)30-21-11-7-4-8-12-21/h2-17,29-30H,1,27-28H2. The highest BCUT2D eigenvalue weighted by molar-refractivity contribution is 5.98. The molecule has 0 spiro atoms. The first-order chi connectivity index (χ1) is 14.7. The summed E-state index contributed by atoms with van der Waals surface area (Å²) < 4.78 is 0. The predicted octanol–water partition coefficient (Wildman–Crippen LogP) is 6.65. The highest BCUT2D eigenvalue weighted by Gasteiger charge is 2.16. The fourth-order valence-corrected chi connectivity index (χ4v) is 3.41. The Kier molecular flexibility index (Phi) is 5.39. The monoisotopic (exact) mass is 392 g/mol. The molecule has 6 N–H and O–H groups in total. The van der Waals surface area contributed by atoms with Gasteiger partial charge < -0.3 is 22.1 Å². The van der Waals surface area contributed by atoms with Gasteiger partial charge in [-0.05, 0) is 53.6 Å². The van der Waals surface area contributed by atoms with E-state index < -0.39 is 0 Å². The second kappa shape index (κ2) is 8.45. The number of nitrogens with two attached hydrogens (primary N) is 2. The van der Waals surface area contributed by atoms with E-state index in [1.54, 1.807) is 0 Å².